The van der Waals surface area contributed by atoms with E-state index in [9.17, 15) is 9.59 Å². The molecule has 2 rings (SSSR count). The molecule has 0 aliphatic rings. The summed E-state index contributed by atoms with van der Waals surface area (Å²) in [5.41, 5.74) is 1.32. The summed E-state index contributed by atoms with van der Waals surface area (Å²) in [6.45, 7) is 0. The van der Waals surface area contributed by atoms with Gasteiger partial charge in [0.1, 0.15) is 11.4 Å². The Balaban J connectivity index is 1.95. The minimum Gasteiger partial charge on any atom is -0.345 e. The number of aryl methyl sites for hydroxylation is 1. The predicted molar refractivity (Wildman–Crippen MR) is 85.0 cm³/mol. The summed E-state index contributed by atoms with van der Waals surface area (Å²) < 4.78 is 0. The fourth-order valence-electron chi connectivity index (χ4n) is 1.94. The summed E-state index contributed by atoms with van der Waals surface area (Å²) in [7, 11) is 3.28. The van der Waals surface area contributed by atoms with Crippen molar-refractivity contribution in [3.05, 3.63) is 46.6 Å². The molecular formula is C15H17ClN4O2. The van der Waals surface area contributed by atoms with Gasteiger partial charge < -0.3 is 10.2 Å². The number of carbonyl (C=O) groups excluding carboxylic acids is 2. The number of nitrogens with one attached hydrogen (secondary N) is 2. The molecule has 0 atom stereocenters. The SMILES string of the molecule is CN(C)C(=O)c1cn[nH]c1NC(=O)CCc1cccc(Cl)c1. The maximum atomic E-state index is 12.0. The molecule has 0 aliphatic heterocycles. The Bertz CT molecular complexity index is 682. The summed E-state index contributed by atoms with van der Waals surface area (Å²) in [6.07, 6.45) is 2.25. The number of aromatic nitrogens is 2. The van der Waals surface area contributed by atoms with Gasteiger partial charge in [-0.05, 0) is 24.1 Å². The van der Waals surface area contributed by atoms with E-state index in [1.54, 1.807) is 20.2 Å². The van der Waals surface area contributed by atoms with Crippen molar-refractivity contribution in [3.8, 4) is 0 Å². The number of halogens is 1. The van der Waals surface area contributed by atoms with Gasteiger partial charge in [0.15, 0.2) is 0 Å². The zero-order chi connectivity index (χ0) is 16.1. The van der Waals surface area contributed by atoms with Crippen LogP contribution >= 0.6 is 11.6 Å². The van der Waals surface area contributed by atoms with Crippen molar-refractivity contribution in [2.75, 3.05) is 19.4 Å². The number of rotatable bonds is 5. The molecule has 0 radical (unpaired) electrons. The van der Waals surface area contributed by atoms with Gasteiger partial charge in [-0.15, -0.1) is 0 Å². The van der Waals surface area contributed by atoms with Gasteiger partial charge in [-0.1, -0.05) is 23.7 Å². The molecule has 116 valence electrons. The number of H-pyrrole nitrogens is 1. The van der Waals surface area contributed by atoms with Crippen LogP contribution in [0, 0.1) is 0 Å². The van der Waals surface area contributed by atoms with Crippen LogP contribution in [0.4, 0.5) is 5.82 Å². The third-order valence-electron chi connectivity index (χ3n) is 3.07. The first-order valence-electron chi connectivity index (χ1n) is 6.76. The molecule has 0 fully saturated rings. The van der Waals surface area contributed by atoms with Crippen LogP contribution in [-0.4, -0.2) is 41.0 Å². The first-order valence-corrected chi connectivity index (χ1v) is 7.14. The highest BCUT2D eigenvalue weighted by molar-refractivity contribution is 6.30. The Morgan fingerprint density at radius 1 is 1.36 bits per heavy atom. The molecule has 0 saturated heterocycles. The zero-order valence-corrected chi connectivity index (χ0v) is 13.1. The van der Waals surface area contributed by atoms with Crippen LogP contribution in [0.25, 0.3) is 0 Å². The van der Waals surface area contributed by atoms with Gasteiger partial charge in [0.2, 0.25) is 5.91 Å². The van der Waals surface area contributed by atoms with E-state index in [0.717, 1.165) is 5.56 Å². The van der Waals surface area contributed by atoms with Gasteiger partial charge in [0.25, 0.3) is 5.91 Å². The highest BCUT2D eigenvalue weighted by atomic mass is 35.5. The van der Waals surface area contributed by atoms with E-state index in [-0.39, 0.29) is 18.2 Å². The standard InChI is InChI=1S/C15H17ClN4O2/c1-20(2)15(22)12-9-17-19-14(12)18-13(21)7-6-10-4-3-5-11(16)8-10/h3-5,8-9H,6-7H2,1-2H3,(H2,17,18,19,21). The number of benzene rings is 1. The maximum Gasteiger partial charge on any atom is 0.258 e. The molecule has 2 aromatic rings. The van der Waals surface area contributed by atoms with Gasteiger partial charge in [-0.3, -0.25) is 14.7 Å². The Morgan fingerprint density at radius 3 is 2.82 bits per heavy atom. The summed E-state index contributed by atoms with van der Waals surface area (Å²) in [6, 6.07) is 7.37. The minimum atomic E-state index is -0.223. The molecule has 0 saturated carbocycles. The first kappa shape index (κ1) is 16.0. The molecule has 0 spiro atoms. The Morgan fingerprint density at radius 2 is 2.14 bits per heavy atom. The van der Waals surface area contributed by atoms with E-state index in [4.69, 9.17) is 11.6 Å². The lowest BCUT2D eigenvalue weighted by Gasteiger charge is -2.10. The second kappa shape index (κ2) is 7.09. The highest BCUT2D eigenvalue weighted by Gasteiger charge is 2.17. The molecular weight excluding hydrogens is 304 g/mol. The lowest BCUT2D eigenvalue weighted by molar-refractivity contribution is -0.116. The fraction of sp³-hybridized carbons (Fsp3) is 0.267. The summed E-state index contributed by atoms with van der Waals surface area (Å²) >= 11 is 5.90. The Labute approximate surface area is 133 Å². The topological polar surface area (TPSA) is 78.1 Å². The fourth-order valence-corrected chi connectivity index (χ4v) is 2.15. The predicted octanol–water partition coefficient (Wildman–Crippen LogP) is 2.34. The monoisotopic (exact) mass is 320 g/mol. The van der Waals surface area contributed by atoms with Crippen LogP contribution in [0.2, 0.25) is 5.02 Å². The molecule has 6 nitrogen and oxygen atoms in total. The number of anilines is 1. The second-order valence-electron chi connectivity index (χ2n) is 5.04. The van der Waals surface area contributed by atoms with Crippen molar-refractivity contribution >= 4 is 29.2 Å². The lowest BCUT2D eigenvalue weighted by atomic mass is 10.1. The van der Waals surface area contributed by atoms with E-state index < -0.39 is 0 Å². The van der Waals surface area contributed by atoms with Crippen LogP contribution in [0.15, 0.2) is 30.5 Å². The molecule has 7 heteroatoms. The summed E-state index contributed by atoms with van der Waals surface area (Å²) in [5, 5.41) is 9.75. The second-order valence-corrected chi connectivity index (χ2v) is 5.47. The number of aromatic amines is 1. The average Bonchev–Trinajstić information content (AvgIpc) is 2.92. The van der Waals surface area contributed by atoms with Crippen molar-refractivity contribution in [3.63, 3.8) is 0 Å². The average molecular weight is 321 g/mol. The van der Waals surface area contributed by atoms with Gasteiger partial charge >= 0.3 is 0 Å². The third kappa shape index (κ3) is 4.08. The number of hydrogen-bond acceptors (Lipinski definition) is 3. The van der Waals surface area contributed by atoms with Crippen molar-refractivity contribution in [2.45, 2.75) is 12.8 Å². The van der Waals surface area contributed by atoms with Gasteiger partial charge in [-0.25, -0.2) is 0 Å². The normalized spacial score (nSPS) is 10.3. The largest absolute Gasteiger partial charge is 0.345 e. The van der Waals surface area contributed by atoms with E-state index in [0.29, 0.717) is 22.8 Å². The minimum absolute atomic E-state index is 0.197. The Hall–Kier alpha value is -2.34. The first-order chi connectivity index (χ1) is 10.5. The molecule has 22 heavy (non-hydrogen) atoms. The lowest BCUT2D eigenvalue weighted by Crippen LogP contribution is -2.23. The van der Waals surface area contributed by atoms with Crippen LogP contribution in [0.5, 0.6) is 0 Å². The van der Waals surface area contributed by atoms with E-state index in [1.165, 1.54) is 11.1 Å². The van der Waals surface area contributed by atoms with Gasteiger partial charge in [0, 0.05) is 25.5 Å². The molecule has 1 aromatic carbocycles. The van der Waals surface area contributed by atoms with E-state index in [2.05, 4.69) is 15.5 Å². The van der Waals surface area contributed by atoms with Crippen LogP contribution in [0.1, 0.15) is 22.3 Å². The number of nitrogens with zero attached hydrogens (tertiary/aromatic N) is 2. The Kier molecular flexibility index (Phi) is 5.16. The number of amides is 2. The molecule has 0 unspecified atom stereocenters. The molecule has 2 N–H and O–H groups in total. The highest BCUT2D eigenvalue weighted by Crippen LogP contribution is 2.15. The van der Waals surface area contributed by atoms with Crippen molar-refractivity contribution in [1.29, 1.82) is 0 Å². The summed E-state index contributed by atoms with van der Waals surface area (Å²) in [5.74, 6) is -0.106. The third-order valence-corrected chi connectivity index (χ3v) is 3.31. The van der Waals surface area contributed by atoms with Gasteiger partial charge in [0.05, 0.1) is 6.20 Å². The van der Waals surface area contributed by atoms with Crippen molar-refractivity contribution in [1.82, 2.24) is 15.1 Å². The quantitative estimate of drug-likeness (QED) is 0.887. The van der Waals surface area contributed by atoms with E-state index >= 15 is 0 Å². The van der Waals surface area contributed by atoms with Crippen LogP contribution in [-0.2, 0) is 11.2 Å². The van der Waals surface area contributed by atoms with Gasteiger partial charge in [-0.2, -0.15) is 5.10 Å². The number of hydrogen-bond donors (Lipinski definition) is 2. The maximum absolute atomic E-state index is 12.0. The summed E-state index contributed by atoms with van der Waals surface area (Å²) in [4.78, 5) is 25.3. The molecule has 0 aliphatic carbocycles. The van der Waals surface area contributed by atoms with E-state index in [1.807, 2.05) is 18.2 Å². The van der Waals surface area contributed by atoms with Crippen LogP contribution in [0.3, 0.4) is 0 Å². The molecule has 2 amide bonds. The van der Waals surface area contributed by atoms with Crippen molar-refractivity contribution < 1.29 is 9.59 Å². The smallest absolute Gasteiger partial charge is 0.258 e. The van der Waals surface area contributed by atoms with Crippen LogP contribution < -0.4 is 5.32 Å². The zero-order valence-electron chi connectivity index (χ0n) is 12.4. The van der Waals surface area contributed by atoms with Crippen molar-refractivity contribution in [2.24, 2.45) is 0 Å². The number of carbonyl (C=O) groups is 2. The molecule has 1 aromatic heterocycles. The molecule has 1 heterocycles. The molecule has 0 bridgehead atoms.